The minimum absolute atomic E-state index is 0.0683. The smallest absolute Gasteiger partial charge is 0.240 e. The lowest BCUT2D eigenvalue weighted by Crippen LogP contribution is -1.98. The molecule has 0 radical (unpaired) electrons. The van der Waals surface area contributed by atoms with Crippen LogP contribution >= 0.6 is 23.2 Å². The summed E-state index contributed by atoms with van der Waals surface area (Å²) < 4.78 is 19.2. The van der Waals surface area contributed by atoms with Crippen LogP contribution in [-0.2, 0) is 0 Å². The van der Waals surface area contributed by atoms with Crippen LogP contribution < -0.4 is 10.1 Å². The number of ether oxygens (including phenoxy) is 1. The van der Waals surface area contributed by atoms with Crippen molar-refractivity contribution in [3.8, 4) is 11.6 Å². The molecule has 0 saturated carbocycles. The maximum absolute atomic E-state index is 13.8. The molecule has 0 bridgehead atoms. The van der Waals surface area contributed by atoms with E-state index >= 15 is 0 Å². The summed E-state index contributed by atoms with van der Waals surface area (Å²) in [5, 5.41) is 3.38. The first kappa shape index (κ1) is 13.9. The van der Waals surface area contributed by atoms with Gasteiger partial charge in [0, 0.05) is 7.05 Å². The van der Waals surface area contributed by atoms with E-state index in [1.807, 2.05) is 0 Å². The zero-order chi connectivity index (χ0) is 14.0. The summed E-state index contributed by atoms with van der Waals surface area (Å²) in [6, 6.07) is 6.34. The number of nitrogens with one attached hydrogen (secondary N) is 1. The second-order valence-electron chi connectivity index (χ2n) is 3.84. The Balaban J connectivity index is 2.41. The number of hydrogen-bond donors (Lipinski definition) is 1. The van der Waals surface area contributed by atoms with Crippen molar-refractivity contribution in [1.29, 1.82) is 0 Å². The monoisotopic (exact) mass is 300 g/mol. The van der Waals surface area contributed by atoms with E-state index < -0.39 is 5.82 Å². The Hall–Kier alpha value is -1.52. The Kier molecular flexibility index (Phi) is 4.12. The fourth-order valence-corrected chi connectivity index (χ4v) is 1.99. The Morgan fingerprint density at radius 2 is 2.00 bits per heavy atom. The summed E-state index contributed by atoms with van der Waals surface area (Å²) in [5.74, 6) is 0.133. The molecule has 0 unspecified atom stereocenters. The van der Waals surface area contributed by atoms with Crippen LogP contribution in [0.4, 0.5) is 10.2 Å². The van der Waals surface area contributed by atoms with E-state index in [2.05, 4.69) is 10.3 Å². The second kappa shape index (κ2) is 5.63. The number of halogens is 3. The highest BCUT2D eigenvalue weighted by Gasteiger charge is 2.13. The van der Waals surface area contributed by atoms with Crippen molar-refractivity contribution in [3.63, 3.8) is 0 Å². The van der Waals surface area contributed by atoms with Crippen LogP contribution in [0.5, 0.6) is 11.6 Å². The maximum atomic E-state index is 13.8. The summed E-state index contributed by atoms with van der Waals surface area (Å²) in [6.07, 6.45) is 0. The summed E-state index contributed by atoms with van der Waals surface area (Å²) >= 11 is 11.9. The fourth-order valence-electron chi connectivity index (χ4n) is 1.50. The highest BCUT2D eigenvalue weighted by atomic mass is 35.5. The van der Waals surface area contributed by atoms with Gasteiger partial charge in [-0.3, -0.25) is 0 Å². The molecule has 0 atom stereocenters. The first-order valence-corrected chi connectivity index (χ1v) is 6.25. The Labute approximate surface area is 120 Å². The van der Waals surface area contributed by atoms with Crippen molar-refractivity contribution < 1.29 is 9.13 Å². The summed E-state index contributed by atoms with van der Waals surface area (Å²) in [5.41, 5.74) is 0.483. The molecule has 6 heteroatoms. The molecule has 1 heterocycles. The standard InChI is InChI=1S/C13H11Cl2FN2O/c1-7-4-3-5-10(11(7)16)19-13-9(15)6-8(14)12(17-2)18-13/h3-6H,1-2H3,(H,17,18). The molecule has 0 saturated heterocycles. The van der Waals surface area contributed by atoms with Gasteiger partial charge < -0.3 is 10.1 Å². The third-order valence-electron chi connectivity index (χ3n) is 2.50. The van der Waals surface area contributed by atoms with E-state index in [0.717, 1.165) is 0 Å². The Morgan fingerprint density at radius 3 is 2.68 bits per heavy atom. The van der Waals surface area contributed by atoms with E-state index in [4.69, 9.17) is 27.9 Å². The number of rotatable bonds is 3. The van der Waals surface area contributed by atoms with Crippen LogP contribution in [0.3, 0.4) is 0 Å². The van der Waals surface area contributed by atoms with Gasteiger partial charge in [0.15, 0.2) is 11.6 Å². The third kappa shape index (κ3) is 2.91. The third-order valence-corrected chi connectivity index (χ3v) is 3.06. The topological polar surface area (TPSA) is 34.2 Å². The van der Waals surface area contributed by atoms with E-state index in [1.54, 1.807) is 26.1 Å². The normalized spacial score (nSPS) is 10.4. The van der Waals surface area contributed by atoms with Crippen molar-refractivity contribution in [1.82, 2.24) is 4.98 Å². The molecule has 0 spiro atoms. The number of benzene rings is 1. The van der Waals surface area contributed by atoms with Gasteiger partial charge in [-0.1, -0.05) is 35.3 Å². The molecule has 3 nitrogen and oxygen atoms in total. The zero-order valence-electron chi connectivity index (χ0n) is 10.3. The molecule has 0 fully saturated rings. The molecule has 2 aromatic rings. The SMILES string of the molecule is CNc1nc(Oc2cccc(C)c2F)c(Cl)cc1Cl. The van der Waals surface area contributed by atoms with Crippen molar-refractivity contribution in [2.45, 2.75) is 6.92 Å². The number of anilines is 1. The minimum atomic E-state index is -0.443. The second-order valence-corrected chi connectivity index (χ2v) is 4.66. The fraction of sp³-hybridized carbons (Fsp3) is 0.154. The highest BCUT2D eigenvalue weighted by molar-refractivity contribution is 6.36. The van der Waals surface area contributed by atoms with E-state index in [1.165, 1.54) is 12.1 Å². The first-order valence-electron chi connectivity index (χ1n) is 5.49. The predicted octanol–water partition coefficient (Wildman–Crippen LogP) is 4.67. The van der Waals surface area contributed by atoms with Crippen molar-refractivity contribution in [3.05, 3.63) is 45.7 Å². The van der Waals surface area contributed by atoms with Gasteiger partial charge in [0.25, 0.3) is 0 Å². The quantitative estimate of drug-likeness (QED) is 0.894. The highest BCUT2D eigenvalue weighted by Crippen LogP contribution is 2.34. The lowest BCUT2D eigenvalue weighted by molar-refractivity contribution is 0.426. The lowest BCUT2D eigenvalue weighted by atomic mass is 10.2. The predicted molar refractivity (Wildman–Crippen MR) is 75.0 cm³/mol. The van der Waals surface area contributed by atoms with E-state index in [0.29, 0.717) is 16.4 Å². The molecule has 0 amide bonds. The van der Waals surface area contributed by atoms with Gasteiger partial charge in [-0.05, 0) is 24.6 Å². The average molecular weight is 301 g/mol. The van der Waals surface area contributed by atoms with Crippen LogP contribution in [0.15, 0.2) is 24.3 Å². The molecule has 1 aromatic carbocycles. The lowest BCUT2D eigenvalue weighted by Gasteiger charge is -2.11. The van der Waals surface area contributed by atoms with Gasteiger partial charge in [0.05, 0.1) is 5.02 Å². The molecular formula is C13H11Cl2FN2O. The Morgan fingerprint density at radius 1 is 1.26 bits per heavy atom. The zero-order valence-corrected chi connectivity index (χ0v) is 11.8. The van der Waals surface area contributed by atoms with Gasteiger partial charge in [0.1, 0.15) is 10.8 Å². The van der Waals surface area contributed by atoms with Crippen LogP contribution in [-0.4, -0.2) is 12.0 Å². The molecule has 0 aliphatic heterocycles. The largest absolute Gasteiger partial charge is 0.434 e. The van der Waals surface area contributed by atoms with Crippen molar-refractivity contribution >= 4 is 29.0 Å². The van der Waals surface area contributed by atoms with Gasteiger partial charge in [-0.2, -0.15) is 4.98 Å². The molecular weight excluding hydrogens is 290 g/mol. The average Bonchev–Trinajstić information content (AvgIpc) is 2.38. The van der Waals surface area contributed by atoms with Crippen LogP contribution in [0.1, 0.15) is 5.56 Å². The summed E-state index contributed by atoms with van der Waals surface area (Å²) in [4.78, 5) is 4.09. The number of nitrogens with zero attached hydrogens (tertiary/aromatic N) is 1. The van der Waals surface area contributed by atoms with Gasteiger partial charge in [-0.25, -0.2) is 4.39 Å². The summed E-state index contributed by atoms with van der Waals surface area (Å²) in [6.45, 7) is 1.65. The molecule has 0 aliphatic rings. The minimum Gasteiger partial charge on any atom is -0.434 e. The Bertz CT molecular complexity index is 620. The van der Waals surface area contributed by atoms with Crippen molar-refractivity contribution in [2.24, 2.45) is 0 Å². The molecule has 100 valence electrons. The molecule has 19 heavy (non-hydrogen) atoms. The van der Waals surface area contributed by atoms with Crippen LogP contribution in [0, 0.1) is 12.7 Å². The van der Waals surface area contributed by atoms with Gasteiger partial charge in [-0.15, -0.1) is 0 Å². The maximum Gasteiger partial charge on any atom is 0.240 e. The van der Waals surface area contributed by atoms with E-state index in [9.17, 15) is 4.39 Å². The molecule has 1 aromatic heterocycles. The van der Waals surface area contributed by atoms with Crippen LogP contribution in [0.2, 0.25) is 10.0 Å². The van der Waals surface area contributed by atoms with Crippen LogP contribution in [0.25, 0.3) is 0 Å². The van der Waals surface area contributed by atoms with Crippen molar-refractivity contribution in [2.75, 3.05) is 12.4 Å². The van der Waals surface area contributed by atoms with Gasteiger partial charge in [0.2, 0.25) is 5.88 Å². The summed E-state index contributed by atoms with van der Waals surface area (Å²) in [7, 11) is 1.67. The van der Waals surface area contributed by atoms with Gasteiger partial charge >= 0.3 is 0 Å². The number of hydrogen-bond acceptors (Lipinski definition) is 3. The number of pyridine rings is 1. The number of aromatic nitrogens is 1. The molecule has 2 rings (SSSR count). The number of aryl methyl sites for hydroxylation is 1. The van der Waals surface area contributed by atoms with E-state index in [-0.39, 0.29) is 16.7 Å². The molecule has 0 aliphatic carbocycles. The first-order chi connectivity index (χ1) is 9.02. The molecule has 1 N–H and O–H groups in total.